The summed E-state index contributed by atoms with van der Waals surface area (Å²) in [6, 6.07) is 0.468. The van der Waals surface area contributed by atoms with E-state index in [4.69, 9.17) is 0 Å². The molecule has 18 heavy (non-hydrogen) atoms. The molecule has 0 radical (unpaired) electrons. The molecule has 1 aliphatic heterocycles. The number of hydrogen-bond acceptors (Lipinski definition) is 2. The largest absolute Gasteiger partial charge is 0.353 e. The summed E-state index contributed by atoms with van der Waals surface area (Å²) < 4.78 is 0. The van der Waals surface area contributed by atoms with E-state index in [1.807, 2.05) is 0 Å². The number of likely N-dealkylation sites (tertiary alicyclic amines) is 1. The summed E-state index contributed by atoms with van der Waals surface area (Å²) in [5, 5.41) is 3.31. The van der Waals surface area contributed by atoms with Crippen molar-refractivity contribution in [3.05, 3.63) is 0 Å². The van der Waals surface area contributed by atoms with Gasteiger partial charge in [-0.1, -0.05) is 6.42 Å². The third-order valence-electron chi connectivity index (χ3n) is 5.28. The van der Waals surface area contributed by atoms with Gasteiger partial charge in [-0.25, -0.2) is 0 Å². The minimum Gasteiger partial charge on any atom is -0.353 e. The van der Waals surface area contributed by atoms with E-state index < -0.39 is 0 Å². The Morgan fingerprint density at radius 1 is 1.17 bits per heavy atom. The van der Waals surface area contributed by atoms with Crippen LogP contribution in [0.4, 0.5) is 0 Å². The Balaban J connectivity index is 1.55. The van der Waals surface area contributed by atoms with Crippen molar-refractivity contribution < 1.29 is 4.79 Å². The Morgan fingerprint density at radius 3 is 2.56 bits per heavy atom. The SMILES string of the molecule is CN1CCC2(CCCC(NC(=O)C3CC3)C2)CC1. The van der Waals surface area contributed by atoms with Gasteiger partial charge < -0.3 is 10.2 Å². The molecule has 3 rings (SSSR count). The molecular formula is C15H26N2O. The van der Waals surface area contributed by atoms with Gasteiger partial charge in [0.1, 0.15) is 0 Å². The Hall–Kier alpha value is -0.570. The first kappa shape index (κ1) is 12.5. The lowest BCUT2D eigenvalue weighted by Gasteiger charge is -2.46. The summed E-state index contributed by atoms with van der Waals surface area (Å²) in [6.07, 6.45) is 10.0. The Kier molecular flexibility index (Phi) is 3.35. The maximum absolute atomic E-state index is 11.9. The molecule has 3 nitrogen and oxygen atoms in total. The Labute approximate surface area is 110 Å². The number of hydrogen-bond donors (Lipinski definition) is 1. The highest BCUT2D eigenvalue weighted by molar-refractivity contribution is 5.81. The van der Waals surface area contributed by atoms with E-state index in [9.17, 15) is 4.79 Å². The molecule has 102 valence electrons. The van der Waals surface area contributed by atoms with Crippen LogP contribution in [0.5, 0.6) is 0 Å². The third-order valence-corrected chi connectivity index (χ3v) is 5.28. The minimum atomic E-state index is 0.338. The molecule has 3 heteroatoms. The van der Waals surface area contributed by atoms with Crippen LogP contribution in [0.3, 0.4) is 0 Å². The smallest absolute Gasteiger partial charge is 0.223 e. The first-order chi connectivity index (χ1) is 8.67. The van der Waals surface area contributed by atoms with Gasteiger partial charge >= 0.3 is 0 Å². The standard InChI is InChI=1S/C15H26N2O/c1-17-9-7-15(8-10-17)6-2-3-13(11-15)16-14(18)12-4-5-12/h12-13H,2-11H2,1H3,(H,16,18). The Bertz CT molecular complexity index is 316. The minimum absolute atomic E-state index is 0.338. The number of nitrogens with one attached hydrogen (secondary N) is 1. The summed E-state index contributed by atoms with van der Waals surface area (Å²) in [5.74, 6) is 0.699. The van der Waals surface area contributed by atoms with Crippen LogP contribution < -0.4 is 5.32 Å². The van der Waals surface area contributed by atoms with Crippen LogP contribution in [-0.2, 0) is 4.79 Å². The fourth-order valence-corrected chi connectivity index (χ4v) is 3.79. The van der Waals surface area contributed by atoms with E-state index >= 15 is 0 Å². The zero-order valence-corrected chi connectivity index (χ0v) is 11.6. The molecule has 1 amide bonds. The fourth-order valence-electron chi connectivity index (χ4n) is 3.79. The first-order valence-corrected chi connectivity index (χ1v) is 7.66. The maximum Gasteiger partial charge on any atom is 0.223 e. The molecule has 2 saturated carbocycles. The maximum atomic E-state index is 11.9. The highest BCUT2D eigenvalue weighted by Gasteiger charge is 2.39. The van der Waals surface area contributed by atoms with Crippen molar-refractivity contribution in [2.24, 2.45) is 11.3 Å². The number of piperidine rings is 1. The van der Waals surface area contributed by atoms with Crippen LogP contribution in [0.25, 0.3) is 0 Å². The summed E-state index contributed by atoms with van der Waals surface area (Å²) >= 11 is 0. The highest BCUT2D eigenvalue weighted by atomic mass is 16.2. The number of rotatable bonds is 2. The highest BCUT2D eigenvalue weighted by Crippen LogP contribution is 2.44. The normalized spacial score (nSPS) is 32.4. The molecule has 0 aromatic rings. The van der Waals surface area contributed by atoms with Crippen molar-refractivity contribution in [1.29, 1.82) is 0 Å². The van der Waals surface area contributed by atoms with E-state index in [1.54, 1.807) is 0 Å². The lowest BCUT2D eigenvalue weighted by molar-refractivity contribution is -0.123. The number of carbonyl (C=O) groups excluding carboxylic acids is 1. The van der Waals surface area contributed by atoms with Gasteiger partial charge in [0.05, 0.1) is 0 Å². The second-order valence-corrected chi connectivity index (χ2v) is 6.88. The van der Waals surface area contributed by atoms with Crippen molar-refractivity contribution in [3.63, 3.8) is 0 Å². The van der Waals surface area contributed by atoms with Gasteiger partial charge in [-0.3, -0.25) is 4.79 Å². The zero-order chi connectivity index (χ0) is 12.6. The van der Waals surface area contributed by atoms with Crippen molar-refractivity contribution in [1.82, 2.24) is 10.2 Å². The lowest BCUT2D eigenvalue weighted by Crippen LogP contribution is -2.47. The average Bonchev–Trinajstić information content (AvgIpc) is 3.18. The van der Waals surface area contributed by atoms with E-state index in [2.05, 4.69) is 17.3 Å². The summed E-state index contributed by atoms with van der Waals surface area (Å²) in [7, 11) is 2.22. The van der Waals surface area contributed by atoms with Gasteiger partial charge in [-0.15, -0.1) is 0 Å². The van der Waals surface area contributed by atoms with Gasteiger partial charge in [0, 0.05) is 12.0 Å². The third kappa shape index (κ3) is 2.71. The monoisotopic (exact) mass is 250 g/mol. The summed E-state index contributed by atoms with van der Waals surface area (Å²) in [4.78, 5) is 14.3. The van der Waals surface area contributed by atoms with Crippen LogP contribution in [0.2, 0.25) is 0 Å². The number of amides is 1. The first-order valence-electron chi connectivity index (χ1n) is 7.66. The predicted octanol–water partition coefficient (Wildman–Crippen LogP) is 2.17. The Morgan fingerprint density at radius 2 is 1.89 bits per heavy atom. The summed E-state index contributed by atoms with van der Waals surface area (Å²) in [5.41, 5.74) is 0.548. The van der Waals surface area contributed by atoms with Gasteiger partial charge in [0.2, 0.25) is 5.91 Å². The lowest BCUT2D eigenvalue weighted by atomic mass is 9.66. The second-order valence-electron chi connectivity index (χ2n) is 6.88. The van der Waals surface area contributed by atoms with E-state index in [-0.39, 0.29) is 0 Å². The van der Waals surface area contributed by atoms with E-state index in [0.29, 0.717) is 23.3 Å². The molecule has 1 N–H and O–H groups in total. The zero-order valence-electron chi connectivity index (χ0n) is 11.6. The van der Waals surface area contributed by atoms with Crippen LogP contribution in [0.1, 0.15) is 51.4 Å². The molecule has 1 heterocycles. The van der Waals surface area contributed by atoms with Crippen LogP contribution in [0, 0.1) is 11.3 Å². The molecule has 2 aliphatic carbocycles. The molecule has 0 bridgehead atoms. The van der Waals surface area contributed by atoms with Crippen LogP contribution >= 0.6 is 0 Å². The van der Waals surface area contributed by atoms with Crippen molar-refractivity contribution in [3.8, 4) is 0 Å². The molecule has 1 atom stereocenters. The van der Waals surface area contributed by atoms with Crippen molar-refractivity contribution in [2.45, 2.75) is 57.4 Å². The molecule has 0 aromatic heterocycles. The molecule has 3 aliphatic rings. The predicted molar refractivity (Wildman–Crippen MR) is 72.3 cm³/mol. The topological polar surface area (TPSA) is 32.3 Å². The second kappa shape index (κ2) is 4.84. The molecule has 3 fully saturated rings. The van der Waals surface area contributed by atoms with Gasteiger partial charge in [-0.2, -0.15) is 0 Å². The van der Waals surface area contributed by atoms with Crippen LogP contribution in [0.15, 0.2) is 0 Å². The molecule has 1 spiro atoms. The molecular weight excluding hydrogens is 224 g/mol. The van der Waals surface area contributed by atoms with E-state index in [0.717, 1.165) is 12.8 Å². The number of carbonyl (C=O) groups is 1. The molecule has 0 aromatic carbocycles. The fraction of sp³-hybridized carbons (Fsp3) is 0.933. The average molecular weight is 250 g/mol. The van der Waals surface area contributed by atoms with E-state index in [1.165, 1.54) is 51.6 Å². The van der Waals surface area contributed by atoms with Gasteiger partial charge in [-0.05, 0) is 70.5 Å². The van der Waals surface area contributed by atoms with Gasteiger partial charge in [0.15, 0.2) is 0 Å². The molecule has 1 saturated heterocycles. The van der Waals surface area contributed by atoms with Gasteiger partial charge in [0.25, 0.3) is 0 Å². The number of nitrogens with zero attached hydrogens (tertiary/aromatic N) is 1. The quantitative estimate of drug-likeness (QED) is 0.814. The van der Waals surface area contributed by atoms with Crippen LogP contribution in [-0.4, -0.2) is 37.0 Å². The van der Waals surface area contributed by atoms with Crippen molar-refractivity contribution >= 4 is 5.91 Å². The summed E-state index contributed by atoms with van der Waals surface area (Å²) in [6.45, 7) is 2.48. The molecule has 1 unspecified atom stereocenters. The van der Waals surface area contributed by atoms with Crippen molar-refractivity contribution in [2.75, 3.05) is 20.1 Å².